The third kappa shape index (κ3) is 5.75. The topological polar surface area (TPSA) is 22.8 Å². The highest BCUT2D eigenvalue weighted by Crippen LogP contribution is 2.46. The lowest BCUT2D eigenvalue weighted by Crippen LogP contribution is -2.12. The molecule has 0 unspecified atom stereocenters. The third-order valence-electron chi connectivity index (χ3n) is 9.98. The molecule has 12 heteroatoms. The molecule has 0 spiro atoms. The van der Waals surface area contributed by atoms with E-state index in [0.717, 1.165) is 36.4 Å². The zero-order valence-electron chi connectivity index (χ0n) is 28.6. The fourth-order valence-corrected chi connectivity index (χ4v) is 7.55. The molecule has 0 bridgehead atoms. The summed E-state index contributed by atoms with van der Waals surface area (Å²) in [5.41, 5.74) is -0.489. The summed E-state index contributed by atoms with van der Waals surface area (Å²) < 4.78 is 133. The van der Waals surface area contributed by atoms with Crippen molar-refractivity contribution < 1.29 is 39.5 Å². The van der Waals surface area contributed by atoms with Crippen LogP contribution in [0.25, 0.3) is 77.5 Å². The van der Waals surface area contributed by atoms with Gasteiger partial charge in [0.1, 0.15) is 0 Å². The minimum absolute atomic E-state index is 0.0589. The second kappa shape index (κ2) is 12.5. The Morgan fingerprint density at radius 3 is 1.27 bits per heavy atom. The Labute approximate surface area is 311 Å². The van der Waals surface area contributed by atoms with Crippen LogP contribution in [0.2, 0.25) is 0 Å². The molecule has 0 radical (unpaired) electrons. The van der Waals surface area contributed by atoms with Gasteiger partial charge in [0.15, 0.2) is 0 Å². The van der Waals surface area contributed by atoms with Crippen LogP contribution in [-0.4, -0.2) is 14.1 Å². The molecule has 278 valence electrons. The molecular weight excluding hydrogens is 741 g/mol. The van der Waals surface area contributed by atoms with Gasteiger partial charge in [0.05, 0.1) is 61.5 Å². The maximum absolute atomic E-state index is 15.2. The van der Waals surface area contributed by atoms with Gasteiger partial charge in [-0.05, 0) is 72.8 Å². The van der Waals surface area contributed by atoms with Gasteiger partial charge in [0.25, 0.3) is 0 Å². The van der Waals surface area contributed by atoms with Gasteiger partial charge in [0, 0.05) is 32.7 Å². The minimum atomic E-state index is -4.94. The molecule has 3 nitrogen and oxygen atoms in total. The van der Waals surface area contributed by atoms with Gasteiger partial charge in [-0.3, -0.25) is 0 Å². The lowest BCUT2D eigenvalue weighted by molar-refractivity contribution is -0.138. The molecule has 9 aromatic rings. The number of hydrogen-bond donors (Lipinski definition) is 0. The molecule has 0 saturated carbocycles. The summed E-state index contributed by atoms with van der Waals surface area (Å²) in [5.74, 6) is 0. The van der Waals surface area contributed by atoms with E-state index in [1.807, 2.05) is 18.2 Å². The van der Waals surface area contributed by atoms with Crippen molar-refractivity contribution in [3.63, 3.8) is 0 Å². The number of rotatable bonds is 4. The van der Waals surface area contributed by atoms with Crippen LogP contribution in [0.15, 0.2) is 146 Å². The van der Waals surface area contributed by atoms with Gasteiger partial charge < -0.3 is 9.13 Å². The van der Waals surface area contributed by atoms with E-state index in [0.29, 0.717) is 33.1 Å². The van der Waals surface area contributed by atoms with E-state index < -0.39 is 35.2 Å². The van der Waals surface area contributed by atoms with Crippen LogP contribution in [0.3, 0.4) is 0 Å². The van der Waals surface area contributed by atoms with Gasteiger partial charge in [0.2, 0.25) is 0 Å². The van der Waals surface area contributed by atoms with Crippen LogP contribution < -0.4 is 0 Å². The first-order valence-electron chi connectivity index (χ1n) is 17.2. The maximum atomic E-state index is 15.2. The summed E-state index contributed by atoms with van der Waals surface area (Å²) in [6.07, 6.45) is -14.3. The second-order valence-corrected chi connectivity index (χ2v) is 13.3. The largest absolute Gasteiger partial charge is 0.416 e. The van der Waals surface area contributed by atoms with Crippen molar-refractivity contribution in [2.24, 2.45) is 0 Å². The van der Waals surface area contributed by atoms with Crippen molar-refractivity contribution in [2.75, 3.05) is 0 Å². The first-order valence-corrected chi connectivity index (χ1v) is 17.2. The molecule has 6 aromatic carbocycles. The molecular formula is C44H24F9N3. The van der Waals surface area contributed by atoms with E-state index in [1.54, 1.807) is 78.9 Å². The predicted molar refractivity (Wildman–Crippen MR) is 199 cm³/mol. The molecule has 56 heavy (non-hydrogen) atoms. The lowest BCUT2D eigenvalue weighted by Gasteiger charge is -2.22. The fourth-order valence-electron chi connectivity index (χ4n) is 7.55. The number of halogens is 9. The number of alkyl halides is 9. The van der Waals surface area contributed by atoms with Gasteiger partial charge in [-0.2, -0.15) is 39.5 Å². The van der Waals surface area contributed by atoms with Gasteiger partial charge in [-0.15, -0.1) is 0 Å². The molecule has 9 rings (SSSR count). The summed E-state index contributed by atoms with van der Waals surface area (Å²) in [4.78, 5) is 4.95. The number of fused-ring (bicyclic) bond motifs is 6. The Morgan fingerprint density at radius 1 is 0.357 bits per heavy atom. The Kier molecular flexibility index (Phi) is 7.84. The van der Waals surface area contributed by atoms with E-state index in [1.165, 1.54) is 21.3 Å². The number of hydrogen-bond acceptors (Lipinski definition) is 1. The number of nitrogens with zero attached hydrogens (tertiary/aromatic N) is 3. The van der Waals surface area contributed by atoms with Gasteiger partial charge in [-0.1, -0.05) is 72.8 Å². The van der Waals surface area contributed by atoms with Crippen LogP contribution in [0.4, 0.5) is 39.5 Å². The third-order valence-corrected chi connectivity index (χ3v) is 9.98. The van der Waals surface area contributed by atoms with Gasteiger partial charge >= 0.3 is 18.5 Å². The highest BCUT2D eigenvalue weighted by atomic mass is 19.4. The molecule has 3 aromatic heterocycles. The van der Waals surface area contributed by atoms with Crippen molar-refractivity contribution in [2.45, 2.75) is 18.5 Å². The van der Waals surface area contributed by atoms with Crippen LogP contribution in [0.5, 0.6) is 0 Å². The maximum Gasteiger partial charge on any atom is 0.416 e. The summed E-state index contributed by atoms with van der Waals surface area (Å²) in [6.45, 7) is 0. The van der Waals surface area contributed by atoms with Crippen LogP contribution in [0, 0.1) is 0 Å². The number of benzene rings is 6. The smallest absolute Gasteiger partial charge is 0.308 e. The normalized spacial score (nSPS) is 12.7. The first kappa shape index (κ1) is 35.2. The summed E-state index contributed by atoms with van der Waals surface area (Å²) in [5, 5.41) is 1.04. The van der Waals surface area contributed by atoms with Crippen LogP contribution in [-0.2, 0) is 18.5 Å². The van der Waals surface area contributed by atoms with E-state index >= 15 is 13.2 Å². The molecule has 0 aliphatic heterocycles. The quantitative estimate of drug-likeness (QED) is 0.164. The zero-order valence-corrected chi connectivity index (χ0v) is 28.6. The number of para-hydroxylation sites is 2. The molecule has 3 heterocycles. The van der Waals surface area contributed by atoms with Crippen molar-refractivity contribution in [3.8, 4) is 33.9 Å². The Bertz CT molecular complexity index is 2830. The summed E-state index contributed by atoms with van der Waals surface area (Å²) in [6, 6.07) is 35.1. The Morgan fingerprint density at radius 2 is 0.786 bits per heavy atom. The van der Waals surface area contributed by atoms with E-state index in [-0.39, 0.29) is 44.4 Å². The van der Waals surface area contributed by atoms with E-state index in [4.69, 9.17) is 4.98 Å². The highest BCUT2D eigenvalue weighted by Gasteiger charge is 2.36. The molecule has 0 atom stereocenters. The van der Waals surface area contributed by atoms with Crippen molar-refractivity contribution >= 4 is 43.6 Å². The average molecular weight is 766 g/mol. The molecule has 0 amide bonds. The molecule has 0 aliphatic rings. The molecule has 0 aliphatic carbocycles. The van der Waals surface area contributed by atoms with Crippen LogP contribution in [0.1, 0.15) is 16.7 Å². The zero-order chi connectivity index (χ0) is 39.1. The second-order valence-electron chi connectivity index (χ2n) is 13.3. The Hall–Kier alpha value is -6.56. The average Bonchev–Trinajstić information content (AvgIpc) is 3.69. The first-order chi connectivity index (χ1) is 26.7. The Balaban J connectivity index is 1.48. The standard InChI is InChI=1S/C44H24F9N3/c45-42(46,47)26-17-19-37-31(21-26)29-11-4-6-15-35(29)55(37)39-23-28(44(51,52)53)24-40(41(39)34-14-8-13-33(54-34)25-9-2-1-3-10-25)56-36-16-7-5-12-30(36)32-22-27(43(48,49)50)18-20-38(32)56/h1-24H. The molecule has 0 saturated heterocycles. The SMILES string of the molecule is FC(F)(F)c1cc(-n2c3ccccc3c3cc(C(F)(F)F)ccc32)c(-c2cccc(-c3ccccc3)n2)c(-n2c3ccccc3c3cc(C(F)(F)F)ccc32)c1. The molecule has 0 fully saturated rings. The predicted octanol–water partition coefficient (Wildman–Crippen LogP) is 13.7. The van der Waals surface area contributed by atoms with Crippen LogP contribution >= 0.6 is 0 Å². The fraction of sp³-hybridized carbons (Fsp3) is 0.0682. The molecule has 0 N–H and O–H groups in total. The number of pyridine rings is 1. The highest BCUT2D eigenvalue weighted by molar-refractivity contribution is 6.12. The number of aromatic nitrogens is 3. The lowest BCUT2D eigenvalue weighted by atomic mass is 10.00. The van der Waals surface area contributed by atoms with E-state index in [2.05, 4.69) is 0 Å². The van der Waals surface area contributed by atoms with Crippen molar-refractivity contribution in [3.05, 3.63) is 162 Å². The van der Waals surface area contributed by atoms with Crippen molar-refractivity contribution in [1.29, 1.82) is 0 Å². The summed E-state index contributed by atoms with van der Waals surface area (Å²) in [7, 11) is 0. The van der Waals surface area contributed by atoms with E-state index in [9.17, 15) is 26.3 Å². The monoisotopic (exact) mass is 765 g/mol. The van der Waals surface area contributed by atoms with Gasteiger partial charge in [-0.25, -0.2) is 4.98 Å². The summed E-state index contributed by atoms with van der Waals surface area (Å²) >= 11 is 0. The minimum Gasteiger partial charge on any atom is -0.308 e. The van der Waals surface area contributed by atoms with Crippen molar-refractivity contribution in [1.82, 2.24) is 14.1 Å².